The van der Waals surface area contributed by atoms with Gasteiger partial charge in [0, 0.05) is 12.6 Å². The van der Waals surface area contributed by atoms with Crippen molar-refractivity contribution in [2.45, 2.75) is 38.6 Å². The molecular formula is C15H23FN2O2. The molecular weight excluding hydrogens is 259 g/mol. The first-order valence-corrected chi connectivity index (χ1v) is 7.03. The van der Waals surface area contributed by atoms with Crippen molar-refractivity contribution >= 4 is 5.91 Å². The lowest BCUT2D eigenvalue weighted by atomic mass is 10.1. The van der Waals surface area contributed by atoms with Gasteiger partial charge in [0.1, 0.15) is 11.6 Å². The van der Waals surface area contributed by atoms with Crippen molar-refractivity contribution in [2.24, 2.45) is 5.73 Å². The van der Waals surface area contributed by atoms with Crippen molar-refractivity contribution in [3.8, 4) is 5.75 Å². The molecule has 1 rings (SSSR count). The average Bonchev–Trinajstić information content (AvgIpc) is 2.45. The summed E-state index contributed by atoms with van der Waals surface area (Å²) in [5.74, 6) is 0.177. The quantitative estimate of drug-likeness (QED) is 0.730. The average molecular weight is 282 g/mol. The number of amides is 1. The number of carbonyl (C=O) groups is 1. The second-order valence-corrected chi connectivity index (χ2v) is 4.69. The highest BCUT2D eigenvalue weighted by Crippen LogP contribution is 2.11. The van der Waals surface area contributed by atoms with E-state index in [1.807, 2.05) is 0 Å². The zero-order chi connectivity index (χ0) is 14.8. The van der Waals surface area contributed by atoms with E-state index in [1.54, 1.807) is 0 Å². The molecule has 0 fully saturated rings. The van der Waals surface area contributed by atoms with Crippen molar-refractivity contribution in [3.05, 3.63) is 30.1 Å². The molecule has 1 aromatic carbocycles. The SMILES string of the molecule is CCCCC(CN)NC(=O)CCOc1ccc(F)cc1. The van der Waals surface area contributed by atoms with Gasteiger partial charge in [-0.25, -0.2) is 4.39 Å². The monoisotopic (exact) mass is 282 g/mol. The zero-order valence-electron chi connectivity index (χ0n) is 11.9. The van der Waals surface area contributed by atoms with Crippen LogP contribution in [0.15, 0.2) is 24.3 Å². The number of benzene rings is 1. The Bertz CT molecular complexity index is 395. The lowest BCUT2D eigenvalue weighted by molar-refractivity contribution is -0.122. The van der Waals surface area contributed by atoms with Crippen LogP contribution in [0.3, 0.4) is 0 Å². The minimum absolute atomic E-state index is 0.0354. The second-order valence-electron chi connectivity index (χ2n) is 4.69. The molecule has 0 spiro atoms. The minimum atomic E-state index is -0.309. The van der Waals surface area contributed by atoms with Gasteiger partial charge in [0.25, 0.3) is 0 Å². The Labute approximate surface area is 119 Å². The summed E-state index contributed by atoms with van der Waals surface area (Å²) in [5.41, 5.74) is 5.61. The van der Waals surface area contributed by atoms with Crippen molar-refractivity contribution in [3.63, 3.8) is 0 Å². The fraction of sp³-hybridized carbons (Fsp3) is 0.533. The number of hydrogen-bond donors (Lipinski definition) is 2. The molecule has 3 N–H and O–H groups in total. The van der Waals surface area contributed by atoms with E-state index in [4.69, 9.17) is 10.5 Å². The molecule has 0 bridgehead atoms. The van der Waals surface area contributed by atoms with Gasteiger partial charge in [-0.05, 0) is 30.7 Å². The minimum Gasteiger partial charge on any atom is -0.493 e. The molecule has 4 nitrogen and oxygen atoms in total. The lowest BCUT2D eigenvalue weighted by Gasteiger charge is -2.16. The molecule has 112 valence electrons. The summed E-state index contributed by atoms with van der Waals surface area (Å²) in [6.07, 6.45) is 3.30. The number of hydrogen-bond acceptors (Lipinski definition) is 3. The summed E-state index contributed by atoms with van der Waals surface area (Å²) in [5, 5.41) is 2.89. The third-order valence-corrected chi connectivity index (χ3v) is 2.97. The van der Waals surface area contributed by atoms with E-state index in [9.17, 15) is 9.18 Å². The Kier molecular flexibility index (Phi) is 7.65. The molecule has 0 aliphatic rings. The van der Waals surface area contributed by atoms with Gasteiger partial charge >= 0.3 is 0 Å². The van der Waals surface area contributed by atoms with Crippen LogP contribution in [-0.4, -0.2) is 25.1 Å². The Morgan fingerprint density at radius 2 is 2.10 bits per heavy atom. The van der Waals surface area contributed by atoms with Gasteiger partial charge in [-0.1, -0.05) is 19.8 Å². The number of rotatable bonds is 9. The molecule has 0 radical (unpaired) electrons. The molecule has 0 saturated carbocycles. The maximum atomic E-state index is 12.7. The highest BCUT2D eigenvalue weighted by atomic mass is 19.1. The number of nitrogens with one attached hydrogen (secondary N) is 1. The molecule has 0 aromatic heterocycles. The number of halogens is 1. The summed E-state index contributed by atoms with van der Waals surface area (Å²) in [4.78, 5) is 11.7. The summed E-state index contributed by atoms with van der Waals surface area (Å²) in [6, 6.07) is 5.76. The van der Waals surface area contributed by atoms with Crippen LogP contribution >= 0.6 is 0 Å². The fourth-order valence-electron chi connectivity index (χ4n) is 1.79. The molecule has 0 saturated heterocycles. The van der Waals surface area contributed by atoms with Crippen LogP contribution in [0, 0.1) is 5.82 Å². The first-order valence-electron chi connectivity index (χ1n) is 7.03. The molecule has 20 heavy (non-hydrogen) atoms. The molecule has 0 heterocycles. The first kappa shape index (κ1) is 16.4. The molecule has 0 aliphatic heterocycles. The van der Waals surface area contributed by atoms with Crippen LogP contribution < -0.4 is 15.8 Å². The predicted molar refractivity (Wildman–Crippen MR) is 77.0 cm³/mol. The topological polar surface area (TPSA) is 64.3 Å². The van der Waals surface area contributed by atoms with Gasteiger partial charge < -0.3 is 15.8 Å². The van der Waals surface area contributed by atoms with Crippen LogP contribution in [0.5, 0.6) is 5.75 Å². The Hall–Kier alpha value is -1.62. The van der Waals surface area contributed by atoms with Crippen LogP contribution in [0.1, 0.15) is 32.6 Å². The second kappa shape index (κ2) is 9.31. The number of unbranched alkanes of at least 4 members (excludes halogenated alkanes) is 1. The summed E-state index contributed by atoms with van der Waals surface area (Å²) >= 11 is 0. The third-order valence-electron chi connectivity index (χ3n) is 2.97. The highest BCUT2D eigenvalue weighted by molar-refractivity contribution is 5.76. The van der Waals surface area contributed by atoms with E-state index in [0.717, 1.165) is 19.3 Å². The maximum Gasteiger partial charge on any atom is 0.223 e. The van der Waals surface area contributed by atoms with Crippen molar-refractivity contribution in [2.75, 3.05) is 13.2 Å². The van der Waals surface area contributed by atoms with E-state index in [-0.39, 0.29) is 30.8 Å². The highest BCUT2D eigenvalue weighted by Gasteiger charge is 2.10. The number of carbonyl (C=O) groups excluding carboxylic acids is 1. The maximum absolute atomic E-state index is 12.7. The molecule has 1 amide bonds. The van der Waals surface area contributed by atoms with E-state index in [0.29, 0.717) is 12.3 Å². The lowest BCUT2D eigenvalue weighted by Crippen LogP contribution is -2.40. The van der Waals surface area contributed by atoms with Gasteiger partial charge in [-0.2, -0.15) is 0 Å². The fourth-order valence-corrected chi connectivity index (χ4v) is 1.79. The number of nitrogens with two attached hydrogens (primary N) is 1. The van der Waals surface area contributed by atoms with E-state index >= 15 is 0 Å². The summed E-state index contributed by atoms with van der Waals surface area (Å²) < 4.78 is 18.1. The van der Waals surface area contributed by atoms with Crippen molar-refractivity contribution < 1.29 is 13.9 Å². The van der Waals surface area contributed by atoms with Crippen LogP contribution in [0.25, 0.3) is 0 Å². The van der Waals surface area contributed by atoms with Gasteiger partial charge in [-0.3, -0.25) is 4.79 Å². The van der Waals surface area contributed by atoms with Crippen LogP contribution in [0.2, 0.25) is 0 Å². The standard InChI is InChI=1S/C15H23FN2O2/c1-2-3-4-13(11-17)18-15(19)9-10-20-14-7-5-12(16)6-8-14/h5-8,13H,2-4,9-11,17H2,1H3,(H,18,19). The third kappa shape index (κ3) is 6.52. The Morgan fingerprint density at radius 1 is 1.40 bits per heavy atom. The summed E-state index contributed by atoms with van der Waals surface area (Å²) in [6.45, 7) is 2.82. The Morgan fingerprint density at radius 3 is 2.70 bits per heavy atom. The van der Waals surface area contributed by atoms with E-state index in [1.165, 1.54) is 24.3 Å². The molecule has 0 aliphatic carbocycles. The van der Waals surface area contributed by atoms with Gasteiger partial charge in [-0.15, -0.1) is 0 Å². The van der Waals surface area contributed by atoms with Gasteiger partial charge in [0.15, 0.2) is 0 Å². The summed E-state index contributed by atoms with van der Waals surface area (Å²) in [7, 11) is 0. The normalized spacial score (nSPS) is 11.9. The van der Waals surface area contributed by atoms with E-state index in [2.05, 4.69) is 12.2 Å². The molecule has 1 unspecified atom stereocenters. The van der Waals surface area contributed by atoms with Crippen molar-refractivity contribution in [1.29, 1.82) is 0 Å². The largest absolute Gasteiger partial charge is 0.493 e. The smallest absolute Gasteiger partial charge is 0.223 e. The Balaban J connectivity index is 2.23. The predicted octanol–water partition coefficient (Wildman–Crippen LogP) is 2.23. The van der Waals surface area contributed by atoms with Crippen molar-refractivity contribution in [1.82, 2.24) is 5.32 Å². The van der Waals surface area contributed by atoms with E-state index < -0.39 is 0 Å². The van der Waals surface area contributed by atoms with Crippen LogP contribution in [-0.2, 0) is 4.79 Å². The van der Waals surface area contributed by atoms with Crippen LogP contribution in [0.4, 0.5) is 4.39 Å². The van der Waals surface area contributed by atoms with Gasteiger partial charge in [0.05, 0.1) is 13.0 Å². The number of ether oxygens (including phenoxy) is 1. The molecule has 1 aromatic rings. The van der Waals surface area contributed by atoms with Gasteiger partial charge in [0.2, 0.25) is 5.91 Å². The molecule has 5 heteroatoms. The zero-order valence-corrected chi connectivity index (χ0v) is 11.9. The molecule has 1 atom stereocenters. The first-order chi connectivity index (χ1) is 9.65.